The first-order valence-electron chi connectivity index (χ1n) is 22.5. The smallest absolute Gasteiger partial charge is 0.308 e. The van der Waals surface area contributed by atoms with E-state index in [1.54, 1.807) is 12.1 Å². The molecule has 8 aromatic carbocycles. The number of halogens is 3. The molecule has 0 spiro atoms. The molecular formula is C61H35F3N6. The van der Waals surface area contributed by atoms with E-state index >= 15 is 13.2 Å². The van der Waals surface area contributed by atoms with Gasteiger partial charge in [0, 0.05) is 61.8 Å². The highest BCUT2D eigenvalue weighted by atomic mass is 19.4. The molecule has 0 radical (unpaired) electrons. The Morgan fingerprint density at radius 2 is 0.971 bits per heavy atom. The third-order valence-corrected chi connectivity index (χ3v) is 13.1. The summed E-state index contributed by atoms with van der Waals surface area (Å²) in [5.41, 5.74) is 9.79. The molecule has 0 aliphatic carbocycles. The maximum Gasteiger partial charge on any atom is 0.415 e. The summed E-state index contributed by atoms with van der Waals surface area (Å²) in [6, 6.07) is 65.2. The first kappa shape index (κ1) is 41.8. The summed E-state index contributed by atoms with van der Waals surface area (Å²) < 4.78 is 49.7. The molecule has 0 aliphatic rings. The Morgan fingerprint density at radius 1 is 0.471 bits per heavy atom. The fraction of sp³-hybridized carbons (Fsp3) is 0.0164. The molecule has 0 fully saturated rings. The minimum absolute atomic E-state index is 0.0983. The fourth-order valence-corrected chi connectivity index (χ4v) is 9.96. The Hall–Kier alpha value is -9.57. The molecule has 0 saturated heterocycles. The van der Waals surface area contributed by atoms with Crippen molar-refractivity contribution in [3.8, 4) is 73.3 Å². The van der Waals surface area contributed by atoms with Crippen molar-refractivity contribution < 1.29 is 13.2 Å². The second-order valence-corrected chi connectivity index (χ2v) is 17.0. The van der Waals surface area contributed by atoms with Gasteiger partial charge in [0.05, 0.1) is 57.0 Å². The van der Waals surface area contributed by atoms with Crippen LogP contribution in [0.2, 0.25) is 0 Å². The Morgan fingerprint density at radius 3 is 1.49 bits per heavy atom. The van der Waals surface area contributed by atoms with E-state index in [1.807, 2.05) is 173 Å². The molecule has 9 heteroatoms. The van der Waals surface area contributed by atoms with Crippen molar-refractivity contribution in [2.45, 2.75) is 6.18 Å². The van der Waals surface area contributed by atoms with E-state index in [1.165, 1.54) is 12.1 Å². The van der Waals surface area contributed by atoms with Gasteiger partial charge in [0.2, 0.25) is 0 Å². The zero-order chi connectivity index (χ0) is 47.5. The molecule has 4 aromatic heterocycles. The lowest BCUT2D eigenvalue weighted by atomic mass is 9.92. The number of rotatable bonds is 7. The van der Waals surface area contributed by atoms with E-state index in [4.69, 9.17) is 16.5 Å². The van der Waals surface area contributed by atoms with E-state index in [2.05, 4.69) is 29.1 Å². The van der Waals surface area contributed by atoms with Crippen LogP contribution in [-0.4, -0.2) is 19.1 Å². The predicted molar refractivity (Wildman–Crippen MR) is 274 cm³/mol. The summed E-state index contributed by atoms with van der Waals surface area (Å²) >= 11 is 0. The van der Waals surface area contributed by atoms with Crippen LogP contribution in [0, 0.1) is 17.9 Å². The monoisotopic (exact) mass is 908 g/mol. The summed E-state index contributed by atoms with van der Waals surface area (Å²) in [6.07, 6.45) is -1.11. The highest BCUT2D eigenvalue weighted by Crippen LogP contribution is 2.48. The summed E-state index contributed by atoms with van der Waals surface area (Å²) in [4.78, 5) is 13.2. The topological polar surface area (TPSA) is 63.8 Å². The molecular weight excluding hydrogens is 874 g/mol. The van der Waals surface area contributed by atoms with Crippen LogP contribution in [0.15, 0.2) is 213 Å². The molecule has 0 unspecified atom stereocenters. The fourth-order valence-electron chi connectivity index (χ4n) is 9.96. The Bertz CT molecular complexity index is 4100. The molecule has 0 amide bonds. The highest BCUT2D eigenvalue weighted by molar-refractivity contribution is 6.13. The molecule has 0 atom stereocenters. The van der Waals surface area contributed by atoms with Gasteiger partial charge >= 0.3 is 6.18 Å². The number of fused-ring (bicyclic) bond motifs is 6. The molecule has 0 bridgehead atoms. The number of pyridine rings is 2. The van der Waals surface area contributed by atoms with Crippen molar-refractivity contribution in [2.24, 2.45) is 0 Å². The number of hydrogen-bond acceptors (Lipinski definition) is 3. The summed E-state index contributed by atoms with van der Waals surface area (Å²) in [5.74, 6) is 0. The number of alkyl halides is 3. The molecule has 70 heavy (non-hydrogen) atoms. The van der Waals surface area contributed by atoms with Crippen LogP contribution in [0.1, 0.15) is 11.1 Å². The summed E-state index contributed by atoms with van der Waals surface area (Å²) in [7, 11) is 0. The Kier molecular flexibility index (Phi) is 9.94. The molecule has 0 aliphatic heterocycles. The average Bonchev–Trinajstić information content (AvgIpc) is 3.92. The minimum Gasteiger partial charge on any atom is -0.308 e. The molecule has 12 aromatic rings. The lowest BCUT2D eigenvalue weighted by molar-refractivity contribution is -0.137. The van der Waals surface area contributed by atoms with Crippen LogP contribution < -0.4 is 0 Å². The zero-order valence-corrected chi connectivity index (χ0v) is 37.0. The van der Waals surface area contributed by atoms with Crippen molar-refractivity contribution in [2.75, 3.05) is 0 Å². The van der Waals surface area contributed by atoms with Gasteiger partial charge in [-0.15, -0.1) is 0 Å². The number of aromatic nitrogens is 4. The SMILES string of the molecule is [C-]#[N+]c1cccc(C(F)(F)F)c1-c1ccc(-n2c3ccccc3c3cc(-c4ccc(-c5ccccc5)nc4)ccc32)c(C#N)c1-n1c2ccccc2c2cc(-c3ccc(-c4ccccc4)nc3)ccc21. The lowest BCUT2D eigenvalue weighted by Crippen LogP contribution is -2.10. The maximum atomic E-state index is 15.3. The van der Waals surface area contributed by atoms with Gasteiger partial charge in [-0.3, -0.25) is 9.97 Å². The number of nitrogens with zero attached hydrogens (tertiary/aromatic N) is 6. The standard InChI is InChI=1S/C61H35F3N6/c1-66-53-20-12-19-50(61(62,63)64)59(53)46-27-32-58(69-54-21-10-8-17-44(54)47-33-40(25-30-56(47)69)42-23-28-51(67-36-42)38-13-4-2-5-14-38)49(35-65)60(46)70-55-22-11-9-18-45(55)48-34-41(26-31-57(48)70)43-24-29-52(68-37-43)39-15-6-3-7-16-39/h2-34,36-37H. The van der Waals surface area contributed by atoms with Crippen molar-refractivity contribution in [1.82, 2.24) is 19.1 Å². The predicted octanol–water partition coefficient (Wildman–Crippen LogP) is 16.4. The second-order valence-electron chi connectivity index (χ2n) is 17.0. The number of benzene rings is 8. The van der Waals surface area contributed by atoms with Crippen molar-refractivity contribution in [3.05, 3.63) is 235 Å². The van der Waals surface area contributed by atoms with E-state index in [9.17, 15) is 5.26 Å². The number of nitriles is 1. The van der Waals surface area contributed by atoms with Crippen molar-refractivity contribution in [3.63, 3.8) is 0 Å². The molecule has 330 valence electrons. The van der Waals surface area contributed by atoms with Gasteiger partial charge in [-0.2, -0.15) is 18.4 Å². The second kappa shape index (κ2) is 16.6. The van der Waals surface area contributed by atoms with Gasteiger partial charge in [-0.05, 0) is 71.3 Å². The molecule has 4 heterocycles. The van der Waals surface area contributed by atoms with Crippen molar-refractivity contribution >= 4 is 49.3 Å². The molecule has 0 N–H and O–H groups in total. The van der Waals surface area contributed by atoms with E-state index < -0.39 is 11.7 Å². The Balaban J connectivity index is 1.11. The summed E-state index contributed by atoms with van der Waals surface area (Å²) in [5, 5.41) is 15.1. The molecule has 12 rings (SSSR count). The van der Waals surface area contributed by atoms with Crippen LogP contribution >= 0.6 is 0 Å². The van der Waals surface area contributed by atoms with Crippen molar-refractivity contribution in [1.29, 1.82) is 5.26 Å². The third-order valence-electron chi connectivity index (χ3n) is 13.1. The average molecular weight is 909 g/mol. The minimum atomic E-state index is -4.82. The third kappa shape index (κ3) is 6.87. The van der Waals surface area contributed by atoms with Gasteiger partial charge in [-0.25, -0.2) is 4.85 Å². The number of hydrogen-bond donors (Lipinski definition) is 0. The van der Waals surface area contributed by atoms with Crippen LogP contribution in [0.4, 0.5) is 18.9 Å². The molecule has 6 nitrogen and oxygen atoms in total. The van der Waals surface area contributed by atoms with Crippen LogP contribution in [-0.2, 0) is 6.18 Å². The maximum absolute atomic E-state index is 15.3. The first-order chi connectivity index (χ1) is 34.3. The van der Waals surface area contributed by atoms with Gasteiger partial charge in [0.15, 0.2) is 5.69 Å². The normalized spacial score (nSPS) is 11.6. The van der Waals surface area contributed by atoms with E-state index in [-0.39, 0.29) is 28.1 Å². The van der Waals surface area contributed by atoms with Gasteiger partial charge in [0.1, 0.15) is 11.6 Å². The van der Waals surface area contributed by atoms with Gasteiger partial charge in [0.25, 0.3) is 0 Å². The quantitative estimate of drug-likeness (QED) is 0.150. The van der Waals surface area contributed by atoms with Crippen LogP contribution in [0.5, 0.6) is 0 Å². The van der Waals surface area contributed by atoms with Crippen LogP contribution in [0.3, 0.4) is 0 Å². The Labute approximate surface area is 399 Å². The lowest BCUT2D eigenvalue weighted by Gasteiger charge is -2.22. The van der Waals surface area contributed by atoms with Crippen LogP contribution in [0.25, 0.3) is 116 Å². The van der Waals surface area contributed by atoms with E-state index in [0.717, 1.165) is 83.4 Å². The summed E-state index contributed by atoms with van der Waals surface area (Å²) in [6.45, 7) is 8.15. The largest absolute Gasteiger partial charge is 0.415 e. The molecule has 0 saturated carbocycles. The number of para-hydroxylation sites is 2. The van der Waals surface area contributed by atoms with Gasteiger partial charge in [-0.1, -0.05) is 146 Å². The van der Waals surface area contributed by atoms with E-state index in [0.29, 0.717) is 16.7 Å². The first-order valence-corrected chi connectivity index (χ1v) is 22.5. The highest BCUT2D eigenvalue weighted by Gasteiger charge is 2.36. The van der Waals surface area contributed by atoms with Gasteiger partial charge < -0.3 is 9.13 Å². The zero-order valence-electron chi connectivity index (χ0n) is 37.0.